The zero-order valence-corrected chi connectivity index (χ0v) is 10.7. The number of halogens is 1. The minimum Gasteiger partial charge on any atom is -0.476 e. The summed E-state index contributed by atoms with van der Waals surface area (Å²) in [7, 11) is 0. The summed E-state index contributed by atoms with van der Waals surface area (Å²) < 4.78 is 7.54. The summed E-state index contributed by atoms with van der Waals surface area (Å²) in [5.74, 6) is -1.03. The molecule has 0 saturated carbocycles. The van der Waals surface area contributed by atoms with Gasteiger partial charge in [0.1, 0.15) is 6.10 Å². The average Bonchev–Trinajstić information content (AvgIpc) is 2.82. The van der Waals surface area contributed by atoms with E-state index < -0.39 is 5.97 Å². The molecule has 0 saturated heterocycles. The molecule has 1 aliphatic rings. The van der Waals surface area contributed by atoms with Gasteiger partial charge in [0.25, 0.3) is 0 Å². The average molecular weight is 279 g/mol. The van der Waals surface area contributed by atoms with Gasteiger partial charge in [0.15, 0.2) is 5.69 Å². The molecule has 1 aromatic carbocycles. The Labute approximate surface area is 114 Å². The Hall–Kier alpha value is -1.85. The lowest BCUT2D eigenvalue weighted by atomic mass is 10.1. The number of aromatic nitrogens is 2. The number of aromatic carboxylic acids is 1. The van der Waals surface area contributed by atoms with Crippen molar-refractivity contribution in [1.29, 1.82) is 0 Å². The second-order valence-electron chi connectivity index (χ2n) is 4.35. The van der Waals surface area contributed by atoms with Crippen molar-refractivity contribution in [2.75, 3.05) is 0 Å². The van der Waals surface area contributed by atoms with E-state index in [1.54, 1.807) is 6.33 Å². The zero-order chi connectivity index (χ0) is 13.4. The van der Waals surface area contributed by atoms with Crippen molar-refractivity contribution in [2.45, 2.75) is 19.3 Å². The predicted molar refractivity (Wildman–Crippen MR) is 68.2 cm³/mol. The summed E-state index contributed by atoms with van der Waals surface area (Å²) in [5, 5.41) is 9.67. The van der Waals surface area contributed by atoms with Crippen LogP contribution in [0, 0.1) is 0 Å². The fraction of sp³-hybridized carbons (Fsp3) is 0.231. The zero-order valence-electron chi connectivity index (χ0n) is 9.91. The van der Waals surface area contributed by atoms with Gasteiger partial charge in [0.05, 0.1) is 25.2 Å². The van der Waals surface area contributed by atoms with Crippen molar-refractivity contribution in [3.8, 4) is 0 Å². The molecule has 98 valence electrons. The molecule has 0 unspecified atom stereocenters. The maximum Gasteiger partial charge on any atom is 0.356 e. The fourth-order valence-corrected chi connectivity index (χ4v) is 2.31. The third-order valence-corrected chi connectivity index (χ3v) is 3.43. The summed E-state index contributed by atoms with van der Waals surface area (Å²) in [6, 6.07) is 7.44. The number of imidazole rings is 1. The lowest BCUT2D eigenvalue weighted by Gasteiger charge is -2.25. The van der Waals surface area contributed by atoms with Gasteiger partial charge in [0.2, 0.25) is 0 Å². The van der Waals surface area contributed by atoms with Crippen LogP contribution >= 0.6 is 11.6 Å². The molecule has 2 heterocycles. The lowest BCUT2D eigenvalue weighted by molar-refractivity contribution is 0.00220. The molecule has 0 bridgehead atoms. The number of carboxylic acid groups (broad SMARTS) is 1. The minimum absolute atomic E-state index is 0.0644. The third-order valence-electron chi connectivity index (χ3n) is 3.17. The van der Waals surface area contributed by atoms with Crippen molar-refractivity contribution >= 4 is 17.6 Å². The van der Waals surface area contributed by atoms with Gasteiger partial charge in [-0.15, -0.1) is 0 Å². The Morgan fingerprint density at radius 1 is 1.42 bits per heavy atom. The summed E-state index contributed by atoms with van der Waals surface area (Å²) in [6.07, 6.45) is 1.44. The Kier molecular flexibility index (Phi) is 3.00. The van der Waals surface area contributed by atoms with E-state index in [0.717, 1.165) is 5.56 Å². The Bertz CT molecular complexity index is 621. The smallest absolute Gasteiger partial charge is 0.356 e. The highest BCUT2D eigenvalue weighted by atomic mass is 35.5. The third kappa shape index (κ3) is 2.22. The second kappa shape index (κ2) is 4.68. The first kappa shape index (κ1) is 12.2. The van der Waals surface area contributed by atoms with Crippen LogP contribution in [0.2, 0.25) is 5.02 Å². The quantitative estimate of drug-likeness (QED) is 0.917. The van der Waals surface area contributed by atoms with E-state index >= 15 is 0 Å². The van der Waals surface area contributed by atoms with Crippen LogP contribution in [-0.2, 0) is 17.9 Å². The van der Waals surface area contributed by atoms with Gasteiger partial charge in [0, 0.05) is 5.02 Å². The van der Waals surface area contributed by atoms with Crippen molar-refractivity contribution in [1.82, 2.24) is 9.55 Å². The molecule has 3 rings (SSSR count). The number of carboxylic acids is 1. The van der Waals surface area contributed by atoms with E-state index in [2.05, 4.69) is 4.98 Å². The molecular weight excluding hydrogens is 268 g/mol. The summed E-state index contributed by atoms with van der Waals surface area (Å²) in [4.78, 5) is 14.9. The second-order valence-corrected chi connectivity index (χ2v) is 4.79. The van der Waals surface area contributed by atoms with Crippen molar-refractivity contribution in [3.63, 3.8) is 0 Å². The van der Waals surface area contributed by atoms with Crippen LogP contribution in [0.4, 0.5) is 0 Å². The molecule has 0 radical (unpaired) electrons. The SMILES string of the molecule is O=C(O)c1ncn2c1CO[C@@H](c1ccc(Cl)cc1)C2. The monoisotopic (exact) mass is 278 g/mol. The molecule has 2 aromatic rings. The van der Waals surface area contributed by atoms with E-state index in [9.17, 15) is 4.79 Å². The number of hydrogen-bond donors (Lipinski definition) is 1. The van der Waals surface area contributed by atoms with Crippen molar-refractivity contribution in [3.05, 3.63) is 52.6 Å². The summed E-state index contributed by atoms with van der Waals surface area (Å²) in [6.45, 7) is 0.798. The Morgan fingerprint density at radius 2 is 2.16 bits per heavy atom. The standard InChI is InChI=1S/C13H11ClN2O3/c14-9-3-1-8(2-4-9)11-5-16-7-15-12(13(17)18)10(16)6-19-11/h1-4,7,11H,5-6H2,(H,17,18)/t11-/m1/s1. The lowest BCUT2D eigenvalue weighted by Crippen LogP contribution is -2.21. The molecule has 1 aliphatic heterocycles. The van der Waals surface area contributed by atoms with E-state index in [1.165, 1.54) is 0 Å². The van der Waals surface area contributed by atoms with Gasteiger partial charge in [-0.05, 0) is 17.7 Å². The van der Waals surface area contributed by atoms with Crippen LogP contribution in [-0.4, -0.2) is 20.6 Å². The largest absolute Gasteiger partial charge is 0.476 e. The molecule has 1 N–H and O–H groups in total. The number of carbonyl (C=O) groups is 1. The van der Waals surface area contributed by atoms with E-state index in [-0.39, 0.29) is 18.4 Å². The highest BCUT2D eigenvalue weighted by Crippen LogP contribution is 2.28. The highest BCUT2D eigenvalue weighted by molar-refractivity contribution is 6.30. The van der Waals surface area contributed by atoms with Crippen molar-refractivity contribution < 1.29 is 14.6 Å². The van der Waals surface area contributed by atoms with E-state index in [1.807, 2.05) is 28.8 Å². The molecule has 0 fully saturated rings. The maximum absolute atomic E-state index is 11.0. The number of hydrogen-bond acceptors (Lipinski definition) is 3. The van der Waals surface area contributed by atoms with E-state index in [0.29, 0.717) is 17.3 Å². The summed E-state index contributed by atoms with van der Waals surface area (Å²) >= 11 is 5.85. The van der Waals surface area contributed by atoms with E-state index in [4.69, 9.17) is 21.4 Å². The normalized spacial score (nSPS) is 18.1. The molecule has 1 atom stereocenters. The molecule has 0 amide bonds. The van der Waals surface area contributed by atoms with Gasteiger partial charge in [-0.2, -0.15) is 0 Å². The topological polar surface area (TPSA) is 64.3 Å². The number of ether oxygens (including phenoxy) is 1. The predicted octanol–water partition coefficient (Wildman–Crippen LogP) is 2.51. The molecule has 5 nitrogen and oxygen atoms in total. The molecule has 19 heavy (non-hydrogen) atoms. The van der Waals surface area contributed by atoms with Gasteiger partial charge in [-0.25, -0.2) is 9.78 Å². The number of rotatable bonds is 2. The molecular formula is C13H11ClN2O3. The van der Waals surface area contributed by atoms with Crippen LogP contribution < -0.4 is 0 Å². The number of fused-ring (bicyclic) bond motifs is 1. The molecule has 6 heteroatoms. The number of benzene rings is 1. The highest BCUT2D eigenvalue weighted by Gasteiger charge is 2.25. The summed E-state index contributed by atoms with van der Waals surface area (Å²) in [5.41, 5.74) is 1.69. The molecule has 0 spiro atoms. The van der Waals surface area contributed by atoms with Gasteiger partial charge in [-0.3, -0.25) is 0 Å². The fourth-order valence-electron chi connectivity index (χ4n) is 2.18. The molecule has 1 aromatic heterocycles. The Morgan fingerprint density at radius 3 is 2.84 bits per heavy atom. The van der Waals surface area contributed by atoms with Gasteiger partial charge >= 0.3 is 5.97 Å². The van der Waals surface area contributed by atoms with Crippen LogP contribution in [0.3, 0.4) is 0 Å². The van der Waals surface area contributed by atoms with Gasteiger partial charge < -0.3 is 14.4 Å². The number of nitrogens with zero attached hydrogens (tertiary/aromatic N) is 2. The first-order valence-electron chi connectivity index (χ1n) is 5.79. The van der Waals surface area contributed by atoms with Crippen LogP contribution in [0.15, 0.2) is 30.6 Å². The molecule has 0 aliphatic carbocycles. The van der Waals surface area contributed by atoms with Gasteiger partial charge in [-0.1, -0.05) is 23.7 Å². The maximum atomic E-state index is 11.0. The van der Waals surface area contributed by atoms with Crippen LogP contribution in [0.5, 0.6) is 0 Å². The van der Waals surface area contributed by atoms with Crippen LogP contribution in [0.25, 0.3) is 0 Å². The first-order valence-corrected chi connectivity index (χ1v) is 6.17. The van der Waals surface area contributed by atoms with Crippen LogP contribution in [0.1, 0.15) is 27.8 Å². The first-order chi connectivity index (χ1) is 9.15. The minimum atomic E-state index is -1.03. The van der Waals surface area contributed by atoms with Crippen molar-refractivity contribution in [2.24, 2.45) is 0 Å². The Balaban J connectivity index is 1.86.